The molecule has 0 bridgehead atoms. The minimum atomic E-state index is -0.0851. The van der Waals surface area contributed by atoms with Crippen LogP contribution in [0.4, 0.5) is 0 Å². The number of aromatic hydroxyl groups is 1. The van der Waals surface area contributed by atoms with Crippen molar-refractivity contribution in [3.63, 3.8) is 0 Å². The average molecular weight is 243 g/mol. The molecule has 0 aliphatic heterocycles. The van der Waals surface area contributed by atoms with E-state index in [0.29, 0.717) is 0 Å². The molecule has 0 unspecified atom stereocenters. The fraction of sp³-hybridized carbons (Fsp3) is 0.400. The van der Waals surface area contributed by atoms with Crippen LogP contribution in [0, 0.1) is 0 Å². The first-order valence-electron chi connectivity index (χ1n) is 6.60. The van der Waals surface area contributed by atoms with Crippen LogP contribution in [-0.4, -0.2) is 9.67 Å². The Morgan fingerprint density at radius 2 is 1.83 bits per heavy atom. The topological polar surface area (TPSA) is 42.2 Å². The van der Waals surface area contributed by atoms with Crippen molar-refractivity contribution < 1.29 is 5.11 Å². The van der Waals surface area contributed by atoms with Gasteiger partial charge in [0, 0.05) is 17.5 Å². The van der Waals surface area contributed by atoms with Gasteiger partial charge in [-0.3, -0.25) is 4.79 Å². The molecule has 0 radical (unpaired) electrons. The van der Waals surface area contributed by atoms with E-state index in [2.05, 4.69) is 0 Å². The van der Waals surface area contributed by atoms with Crippen LogP contribution in [0.15, 0.2) is 35.1 Å². The molecule has 1 aromatic heterocycles. The largest absolute Gasteiger partial charge is 0.507 e. The predicted molar refractivity (Wildman–Crippen MR) is 72.0 cm³/mol. The van der Waals surface area contributed by atoms with Gasteiger partial charge in [-0.2, -0.15) is 0 Å². The van der Waals surface area contributed by atoms with Gasteiger partial charge >= 0.3 is 0 Å². The molecule has 0 spiro atoms. The zero-order valence-corrected chi connectivity index (χ0v) is 10.3. The molecule has 3 nitrogen and oxygen atoms in total. The molecule has 3 heteroatoms. The minimum Gasteiger partial charge on any atom is -0.507 e. The maximum absolute atomic E-state index is 12.2. The first kappa shape index (κ1) is 11.3. The molecule has 1 aliphatic carbocycles. The van der Waals surface area contributed by atoms with Gasteiger partial charge in [0.05, 0.1) is 5.52 Å². The van der Waals surface area contributed by atoms with Crippen molar-refractivity contribution in [3.8, 4) is 5.75 Å². The van der Waals surface area contributed by atoms with Gasteiger partial charge in [0.2, 0.25) is 0 Å². The van der Waals surface area contributed by atoms with Crippen LogP contribution in [0.1, 0.15) is 38.1 Å². The second kappa shape index (κ2) is 4.48. The van der Waals surface area contributed by atoms with Gasteiger partial charge in [0.15, 0.2) is 0 Å². The smallest absolute Gasteiger partial charge is 0.254 e. The lowest BCUT2D eigenvalue weighted by molar-refractivity contribution is 0.353. The zero-order chi connectivity index (χ0) is 12.5. The zero-order valence-electron chi connectivity index (χ0n) is 10.3. The third kappa shape index (κ3) is 1.80. The standard InChI is InChI=1S/C15H17NO2/c17-14-10-15(18)16(11-6-2-1-3-7-11)13-9-5-4-8-12(13)14/h4-5,8-11,17H,1-3,6-7H2. The Bertz CT molecular complexity index is 624. The number of hydrogen-bond acceptors (Lipinski definition) is 2. The Balaban J connectivity index is 2.24. The lowest BCUT2D eigenvalue weighted by Gasteiger charge is -2.25. The second-order valence-corrected chi connectivity index (χ2v) is 5.05. The Morgan fingerprint density at radius 3 is 2.61 bits per heavy atom. The first-order chi connectivity index (χ1) is 8.77. The Kier molecular flexibility index (Phi) is 2.82. The summed E-state index contributed by atoms with van der Waals surface area (Å²) in [7, 11) is 0. The van der Waals surface area contributed by atoms with E-state index in [-0.39, 0.29) is 17.4 Å². The Hall–Kier alpha value is -1.77. The summed E-state index contributed by atoms with van der Waals surface area (Å²) in [6.45, 7) is 0. The van der Waals surface area contributed by atoms with Crippen molar-refractivity contribution in [3.05, 3.63) is 40.7 Å². The predicted octanol–water partition coefficient (Wildman–Crippen LogP) is 3.21. The molecule has 1 fully saturated rings. The fourth-order valence-corrected chi connectivity index (χ4v) is 3.00. The molecule has 0 amide bonds. The van der Waals surface area contributed by atoms with Crippen LogP contribution >= 0.6 is 0 Å². The number of aromatic nitrogens is 1. The van der Waals surface area contributed by atoms with Crippen molar-refractivity contribution in [1.29, 1.82) is 0 Å². The summed E-state index contributed by atoms with van der Waals surface area (Å²) >= 11 is 0. The molecule has 1 aromatic carbocycles. The third-order valence-electron chi connectivity index (χ3n) is 3.88. The highest BCUT2D eigenvalue weighted by Gasteiger charge is 2.19. The van der Waals surface area contributed by atoms with E-state index in [1.54, 1.807) is 0 Å². The van der Waals surface area contributed by atoms with Crippen LogP contribution < -0.4 is 5.56 Å². The lowest BCUT2D eigenvalue weighted by Crippen LogP contribution is -2.26. The van der Waals surface area contributed by atoms with E-state index in [1.165, 1.54) is 25.3 Å². The molecule has 1 heterocycles. The van der Waals surface area contributed by atoms with Crippen molar-refractivity contribution in [2.45, 2.75) is 38.1 Å². The van der Waals surface area contributed by atoms with Gasteiger partial charge in [-0.05, 0) is 25.0 Å². The molecule has 18 heavy (non-hydrogen) atoms. The van der Waals surface area contributed by atoms with Crippen LogP contribution in [-0.2, 0) is 0 Å². The third-order valence-corrected chi connectivity index (χ3v) is 3.88. The molecule has 1 aliphatic rings. The van der Waals surface area contributed by atoms with E-state index in [0.717, 1.165) is 23.7 Å². The van der Waals surface area contributed by atoms with Gasteiger partial charge in [-0.15, -0.1) is 0 Å². The van der Waals surface area contributed by atoms with Crippen LogP contribution in [0.5, 0.6) is 5.75 Å². The van der Waals surface area contributed by atoms with Crippen LogP contribution in [0.2, 0.25) is 0 Å². The van der Waals surface area contributed by atoms with E-state index in [4.69, 9.17) is 0 Å². The van der Waals surface area contributed by atoms with E-state index < -0.39 is 0 Å². The van der Waals surface area contributed by atoms with Gasteiger partial charge in [0.25, 0.3) is 5.56 Å². The monoisotopic (exact) mass is 243 g/mol. The molecule has 94 valence electrons. The maximum Gasteiger partial charge on any atom is 0.254 e. The molecule has 0 atom stereocenters. The Labute approximate surface area is 106 Å². The summed E-state index contributed by atoms with van der Waals surface area (Å²) in [4.78, 5) is 12.2. The van der Waals surface area contributed by atoms with Crippen LogP contribution in [0.25, 0.3) is 10.9 Å². The number of benzene rings is 1. The molecule has 1 N–H and O–H groups in total. The van der Waals surface area contributed by atoms with Gasteiger partial charge in [-0.25, -0.2) is 0 Å². The van der Waals surface area contributed by atoms with E-state index in [9.17, 15) is 9.90 Å². The van der Waals surface area contributed by atoms with Crippen molar-refractivity contribution in [2.75, 3.05) is 0 Å². The molecule has 3 rings (SSSR count). The van der Waals surface area contributed by atoms with Crippen molar-refractivity contribution in [2.24, 2.45) is 0 Å². The average Bonchev–Trinajstić information content (AvgIpc) is 2.40. The van der Waals surface area contributed by atoms with Crippen molar-refractivity contribution in [1.82, 2.24) is 4.57 Å². The number of pyridine rings is 1. The molecule has 1 saturated carbocycles. The lowest BCUT2D eigenvalue weighted by atomic mass is 9.94. The number of rotatable bonds is 1. The summed E-state index contributed by atoms with van der Waals surface area (Å²) in [5.41, 5.74) is 0.771. The van der Waals surface area contributed by atoms with E-state index >= 15 is 0 Å². The molecular weight excluding hydrogens is 226 g/mol. The van der Waals surface area contributed by atoms with Gasteiger partial charge < -0.3 is 9.67 Å². The minimum absolute atomic E-state index is 0.0851. The summed E-state index contributed by atoms with van der Waals surface area (Å²) in [6.07, 6.45) is 5.77. The fourth-order valence-electron chi connectivity index (χ4n) is 3.00. The normalized spacial score (nSPS) is 17.1. The number of para-hydroxylation sites is 1. The summed E-state index contributed by atoms with van der Waals surface area (Å²) in [6, 6.07) is 9.22. The molecular formula is C15H17NO2. The summed E-state index contributed by atoms with van der Waals surface area (Å²) in [5, 5.41) is 10.6. The maximum atomic E-state index is 12.2. The highest BCUT2D eigenvalue weighted by atomic mass is 16.3. The summed E-state index contributed by atoms with van der Waals surface area (Å²) in [5.74, 6) is 0.0858. The first-order valence-corrected chi connectivity index (χ1v) is 6.60. The SMILES string of the molecule is O=c1cc(O)c2ccccc2n1C1CCCCC1. The quantitative estimate of drug-likeness (QED) is 0.835. The second-order valence-electron chi connectivity index (χ2n) is 5.05. The highest BCUT2D eigenvalue weighted by Crippen LogP contribution is 2.31. The molecule has 0 saturated heterocycles. The number of hydrogen-bond donors (Lipinski definition) is 1. The number of nitrogens with zero attached hydrogens (tertiary/aromatic N) is 1. The molecule has 2 aromatic rings. The van der Waals surface area contributed by atoms with Crippen molar-refractivity contribution >= 4 is 10.9 Å². The number of fused-ring (bicyclic) bond motifs is 1. The highest BCUT2D eigenvalue weighted by molar-refractivity contribution is 5.85. The van der Waals surface area contributed by atoms with Gasteiger partial charge in [-0.1, -0.05) is 31.4 Å². The Morgan fingerprint density at radius 1 is 1.11 bits per heavy atom. The van der Waals surface area contributed by atoms with Gasteiger partial charge in [0.1, 0.15) is 5.75 Å². The van der Waals surface area contributed by atoms with E-state index in [1.807, 2.05) is 28.8 Å². The van der Waals surface area contributed by atoms with Crippen LogP contribution in [0.3, 0.4) is 0 Å². The summed E-state index contributed by atoms with van der Waals surface area (Å²) < 4.78 is 1.87.